The zero-order chi connectivity index (χ0) is 22.3. The summed E-state index contributed by atoms with van der Waals surface area (Å²) in [7, 11) is 0. The van der Waals surface area contributed by atoms with Crippen LogP contribution in [0.15, 0.2) is 51.7 Å². The van der Waals surface area contributed by atoms with Gasteiger partial charge in [0.05, 0.1) is 23.7 Å². The van der Waals surface area contributed by atoms with Crippen LogP contribution in [0, 0.1) is 0 Å². The number of hydrogen-bond acceptors (Lipinski definition) is 5. The van der Waals surface area contributed by atoms with Crippen molar-refractivity contribution in [2.75, 3.05) is 19.4 Å². The number of carboxylic acids is 1. The fourth-order valence-corrected chi connectivity index (χ4v) is 4.48. The molecule has 0 saturated carbocycles. The van der Waals surface area contributed by atoms with Gasteiger partial charge in [-0.2, -0.15) is 0 Å². The smallest absolute Gasteiger partial charge is 0.336 e. The van der Waals surface area contributed by atoms with E-state index in [1.807, 2.05) is 63.1 Å². The van der Waals surface area contributed by atoms with Crippen molar-refractivity contribution >= 4 is 23.7 Å². The van der Waals surface area contributed by atoms with Gasteiger partial charge in [0.2, 0.25) is 0 Å². The summed E-state index contributed by atoms with van der Waals surface area (Å²) in [6, 6.07) is 7.81. The number of ether oxygens (including phenoxy) is 1. The first-order valence-electron chi connectivity index (χ1n) is 10.7. The molecule has 1 heterocycles. The molecule has 0 radical (unpaired) electrons. The van der Waals surface area contributed by atoms with Crippen molar-refractivity contribution in [1.29, 1.82) is 0 Å². The minimum atomic E-state index is -0.988. The van der Waals surface area contributed by atoms with Crippen LogP contribution in [0.2, 0.25) is 0 Å². The summed E-state index contributed by atoms with van der Waals surface area (Å²) in [6.07, 6.45) is 4.91. The molecule has 0 bridgehead atoms. The van der Waals surface area contributed by atoms with Crippen LogP contribution in [0.5, 0.6) is 0 Å². The molecule has 2 rings (SSSR count). The largest absolute Gasteiger partial charge is 0.478 e. The number of rotatable bonds is 10. The molecule has 0 aromatic heterocycles. The van der Waals surface area contributed by atoms with Gasteiger partial charge in [0, 0.05) is 22.8 Å². The fourth-order valence-electron chi connectivity index (χ4n) is 4.07. The monoisotopic (exact) mass is 431 g/mol. The van der Waals surface area contributed by atoms with Gasteiger partial charge in [-0.15, -0.1) is 11.8 Å². The number of benzene rings is 1. The van der Waals surface area contributed by atoms with Crippen LogP contribution in [0.4, 0.5) is 0 Å². The van der Waals surface area contributed by atoms with E-state index >= 15 is 0 Å². The van der Waals surface area contributed by atoms with Crippen molar-refractivity contribution in [2.45, 2.75) is 64.2 Å². The summed E-state index contributed by atoms with van der Waals surface area (Å²) < 4.78 is 5.60. The predicted molar refractivity (Wildman–Crippen MR) is 121 cm³/mol. The summed E-state index contributed by atoms with van der Waals surface area (Å²) in [6.45, 7) is 8.94. The highest BCUT2D eigenvalue weighted by molar-refractivity contribution is 7.98. The molecule has 0 amide bonds. The zero-order valence-corrected chi connectivity index (χ0v) is 19.5. The highest BCUT2D eigenvalue weighted by Gasteiger charge is 2.40. The second-order valence-electron chi connectivity index (χ2n) is 7.17. The lowest BCUT2D eigenvalue weighted by molar-refractivity contribution is -0.139. The van der Waals surface area contributed by atoms with Crippen LogP contribution >= 0.6 is 11.8 Å². The summed E-state index contributed by atoms with van der Waals surface area (Å²) in [5.41, 5.74) is 3.17. The summed E-state index contributed by atoms with van der Waals surface area (Å²) in [5, 5.41) is 10.2. The zero-order valence-electron chi connectivity index (χ0n) is 18.7. The first kappa shape index (κ1) is 24.1. The summed E-state index contributed by atoms with van der Waals surface area (Å²) >= 11 is 1.63. The van der Waals surface area contributed by atoms with Crippen LogP contribution in [0.3, 0.4) is 0 Å². The molecule has 1 aliphatic rings. The first-order chi connectivity index (χ1) is 14.4. The van der Waals surface area contributed by atoms with Crippen molar-refractivity contribution in [3.8, 4) is 0 Å². The first-order valence-corrected chi connectivity index (χ1v) is 11.9. The molecule has 5 nitrogen and oxygen atoms in total. The van der Waals surface area contributed by atoms with Crippen molar-refractivity contribution in [3.05, 3.63) is 52.4 Å². The lowest BCUT2D eigenvalue weighted by Crippen LogP contribution is -2.36. The molecule has 0 spiro atoms. The number of carbonyl (C=O) groups is 2. The fraction of sp³-hybridized carbons (Fsp3) is 0.500. The van der Waals surface area contributed by atoms with E-state index < -0.39 is 17.9 Å². The molecular weight excluding hydrogens is 398 g/mol. The van der Waals surface area contributed by atoms with E-state index in [0.717, 1.165) is 34.7 Å². The number of allylic oxidation sites excluding steroid dienone is 2. The van der Waals surface area contributed by atoms with E-state index in [9.17, 15) is 14.7 Å². The minimum Gasteiger partial charge on any atom is -0.478 e. The van der Waals surface area contributed by atoms with Gasteiger partial charge < -0.3 is 14.7 Å². The van der Waals surface area contributed by atoms with E-state index in [-0.39, 0.29) is 5.57 Å². The summed E-state index contributed by atoms with van der Waals surface area (Å²) in [5.74, 6) is -2.04. The van der Waals surface area contributed by atoms with Gasteiger partial charge in [-0.3, -0.25) is 0 Å². The quantitative estimate of drug-likeness (QED) is 0.296. The maximum atomic E-state index is 13.2. The van der Waals surface area contributed by atoms with E-state index in [1.54, 1.807) is 11.8 Å². The lowest BCUT2D eigenvalue weighted by atomic mass is 9.78. The van der Waals surface area contributed by atoms with Crippen molar-refractivity contribution < 1.29 is 19.4 Å². The Labute approximate surface area is 184 Å². The number of carboxylic acid groups (broad SMARTS) is 1. The molecule has 6 heteroatoms. The highest BCUT2D eigenvalue weighted by Crippen LogP contribution is 2.44. The third-order valence-corrected chi connectivity index (χ3v) is 6.21. The molecule has 1 aliphatic heterocycles. The minimum absolute atomic E-state index is 0.274. The Morgan fingerprint density at radius 3 is 2.10 bits per heavy atom. The second-order valence-corrected chi connectivity index (χ2v) is 8.05. The molecule has 30 heavy (non-hydrogen) atoms. The Morgan fingerprint density at radius 2 is 1.63 bits per heavy atom. The van der Waals surface area contributed by atoms with Crippen LogP contribution in [-0.2, 0) is 14.3 Å². The number of esters is 1. The van der Waals surface area contributed by atoms with Gasteiger partial charge in [-0.1, -0.05) is 39.3 Å². The number of nitrogens with zero attached hydrogens (tertiary/aromatic N) is 1. The number of thioether (sulfide) groups is 1. The third-order valence-electron chi connectivity index (χ3n) is 5.47. The Kier molecular flexibility index (Phi) is 9.03. The summed E-state index contributed by atoms with van der Waals surface area (Å²) in [4.78, 5) is 28.8. The lowest BCUT2D eigenvalue weighted by Gasteiger charge is -2.39. The normalized spacial score (nSPS) is 16.8. The molecule has 1 aromatic carbocycles. The number of hydrogen-bond donors (Lipinski definition) is 1. The van der Waals surface area contributed by atoms with Gasteiger partial charge >= 0.3 is 11.9 Å². The Balaban J connectivity index is 2.72. The molecule has 1 aromatic rings. The maximum absolute atomic E-state index is 13.2. The molecule has 1 unspecified atom stereocenters. The van der Waals surface area contributed by atoms with Crippen LogP contribution in [0.1, 0.15) is 64.9 Å². The van der Waals surface area contributed by atoms with Crippen molar-refractivity contribution in [2.24, 2.45) is 0 Å². The van der Waals surface area contributed by atoms with Gasteiger partial charge in [-0.25, -0.2) is 9.59 Å². The molecule has 1 atom stereocenters. The molecule has 0 saturated heterocycles. The number of carbonyl (C=O) groups excluding carboxylic acids is 1. The van der Waals surface area contributed by atoms with E-state index in [0.29, 0.717) is 31.6 Å². The molecule has 0 fully saturated rings. The Hall–Kier alpha value is -2.21. The Morgan fingerprint density at radius 1 is 1.03 bits per heavy atom. The average molecular weight is 432 g/mol. The average Bonchev–Trinajstić information content (AvgIpc) is 2.76. The molecule has 0 aliphatic carbocycles. The molecular formula is C24H33NO4S. The maximum Gasteiger partial charge on any atom is 0.336 e. The Bertz CT molecular complexity index is 826. The van der Waals surface area contributed by atoms with Crippen LogP contribution < -0.4 is 0 Å². The predicted octanol–water partition coefficient (Wildman–Crippen LogP) is 5.58. The highest BCUT2D eigenvalue weighted by atomic mass is 32.2. The second kappa shape index (κ2) is 11.3. The van der Waals surface area contributed by atoms with Gasteiger partial charge in [0.15, 0.2) is 0 Å². The van der Waals surface area contributed by atoms with E-state index in [1.165, 1.54) is 0 Å². The van der Waals surface area contributed by atoms with Crippen LogP contribution in [-0.4, -0.2) is 41.4 Å². The third kappa shape index (κ3) is 4.91. The molecule has 1 N–H and O–H groups in total. The topological polar surface area (TPSA) is 66.8 Å². The van der Waals surface area contributed by atoms with Crippen molar-refractivity contribution in [1.82, 2.24) is 4.90 Å². The standard InChI is InChI=1S/C24H33NO4S/c1-6-10-15-29-24(28)22-19(8-3)25(9-4)18(7-2)21(23(26)27)20(22)16-11-13-17(30-5)14-12-16/h11-14,20H,6-10,15H2,1-5H3,(H,26,27). The van der Waals surface area contributed by atoms with Crippen LogP contribution in [0.25, 0.3) is 0 Å². The number of aliphatic carboxylic acids is 1. The van der Waals surface area contributed by atoms with Crippen molar-refractivity contribution in [3.63, 3.8) is 0 Å². The van der Waals surface area contributed by atoms with Gasteiger partial charge in [0.25, 0.3) is 0 Å². The molecule has 164 valence electrons. The van der Waals surface area contributed by atoms with Gasteiger partial charge in [-0.05, 0) is 50.1 Å². The van der Waals surface area contributed by atoms with E-state index in [2.05, 4.69) is 0 Å². The van der Waals surface area contributed by atoms with E-state index in [4.69, 9.17) is 4.74 Å². The number of unbranched alkanes of at least 4 members (excludes halogenated alkanes) is 1. The SMILES string of the molecule is CCCCOC(=O)C1=C(CC)N(CC)C(CC)=C(C(=O)O)C1c1ccc(SC)cc1. The van der Waals surface area contributed by atoms with Gasteiger partial charge in [0.1, 0.15) is 0 Å².